The van der Waals surface area contributed by atoms with Crippen LogP contribution in [0.5, 0.6) is 0 Å². The first-order valence-corrected chi connectivity index (χ1v) is 3.61. The molecule has 0 aromatic carbocycles. The Balaban J connectivity index is 3.41. The van der Waals surface area contributed by atoms with Gasteiger partial charge in [0.15, 0.2) is 0 Å². The molecule has 0 aliphatic carbocycles. The molecule has 0 saturated carbocycles. The Kier molecular flexibility index (Phi) is 4.94. The number of likely N-dealkylation sites (N-methyl/N-ethyl adjacent to an activating group) is 2. The number of carbonyl (C=O) groups excluding carboxylic acids is 1. The third kappa shape index (κ3) is 3.45. The highest BCUT2D eigenvalue weighted by atomic mass is 16.2. The van der Waals surface area contributed by atoms with Crippen LogP contribution in [0, 0.1) is 0 Å². The minimum absolute atomic E-state index is 0.204. The van der Waals surface area contributed by atoms with Crippen molar-refractivity contribution in [1.82, 2.24) is 10.2 Å². The third-order valence-electron chi connectivity index (χ3n) is 1.43. The van der Waals surface area contributed by atoms with Crippen LogP contribution < -0.4 is 5.32 Å². The fraction of sp³-hybridized carbons (Fsp3) is 0.857. The highest BCUT2D eigenvalue weighted by Gasteiger charge is 2.02. The summed E-state index contributed by atoms with van der Waals surface area (Å²) in [5.41, 5.74) is 0. The van der Waals surface area contributed by atoms with Gasteiger partial charge in [-0.05, 0) is 7.05 Å². The van der Waals surface area contributed by atoms with Gasteiger partial charge < -0.3 is 10.2 Å². The maximum Gasteiger partial charge on any atom is 0.222 e. The predicted molar refractivity (Wildman–Crippen MR) is 41.9 cm³/mol. The second kappa shape index (κ2) is 5.23. The Morgan fingerprint density at radius 3 is 2.60 bits per heavy atom. The summed E-state index contributed by atoms with van der Waals surface area (Å²) in [5.74, 6) is 0.204. The lowest BCUT2D eigenvalue weighted by Gasteiger charge is -2.15. The Hall–Kier alpha value is -0.570. The van der Waals surface area contributed by atoms with Gasteiger partial charge in [0.25, 0.3) is 0 Å². The van der Waals surface area contributed by atoms with E-state index >= 15 is 0 Å². The van der Waals surface area contributed by atoms with Crippen LogP contribution in [0.3, 0.4) is 0 Å². The van der Waals surface area contributed by atoms with Crippen molar-refractivity contribution in [3.05, 3.63) is 0 Å². The molecule has 3 heteroatoms. The molecule has 10 heavy (non-hydrogen) atoms. The molecule has 0 rings (SSSR count). The first-order valence-electron chi connectivity index (χ1n) is 3.61. The van der Waals surface area contributed by atoms with Crippen molar-refractivity contribution in [1.29, 1.82) is 0 Å². The number of hydrogen-bond acceptors (Lipinski definition) is 2. The van der Waals surface area contributed by atoms with Crippen molar-refractivity contribution in [2.75, 3.05) is 27.2 Å². The SMILES string of the molecule is CCC(=O)N(C)CCNC. The van der Waals surface area contributed by atoms with Gasteiger partial charge in [-0.1, -0.05) is 6.92 Å². The van der Waals surface area contributed by atoms with Gasteiger partial charge in [0.1, 0.15) is 0 Å². The van der Waals surface area contributed by atoms with E-state index in [2.05, 4.69) is 5.32 Å². The van der Waals surface area contributed by atoms with E-state index in [9.17, 15) is 4.79 Å². The molecule has 0 unspecified atom stereocenters. The quantitative estimate of drug-likeness (QED) is 0.605. The monoisotopic (exact) mass is 144 g/mol. The van der Waals surface area contributed by atoms with E-state index < -0.39 is 0 Å². The molecule has 3 nitrogen and oxygen atoms in total. The normalized spacial score (nSPS) is 9.50. The van der Waals surface area contributed by atoms with Crippen molar-refractivity contribution in [3.8, 4) is 0 Å². The second-order valence-corrected chi connectivity index (χ2v) is 2.27. The zero-order valence-electron chi connectivity index (χ0n) is 6.98. The molecule has 0 bridgehead atoms. The lowest BCUT2D eigenvalue weighted by molar-refractivity contribution is -0.129. The number of hydrogen-bond donors (Lipinski definition) is 1. The first-order chi connectivity index (χ1) is 4.72. The number of carbonyl (C=O) groups is 1. The molecule has 60 valence electrons. The highest BCUT2D eigenvalue weighted by molar-refractivity contribution is 5.75. The highest BCUT2D eigenvalue weighted by Crippen LogP contribution is 1.86. The van der Waals surface area contributed by atoms with Crippen molar-refractivity contribution >= 4 is 5.91 Å². The van der Waals surface area contributed by atoms with Crippen molar-refractivity contribution in [2.24, 2.45) is 0 Å². The number of nitrogens with one attached hydrogen (secondary N) is 1. The molecule has 1 N–H and O–H groups in total. The van der Waals surface area contributed by atoms with Gasteiger partial charge >= 0.3 is 0 Å². The Morgan fingerprint density at radius 2 is 2.20 bits per heavy atom. The number of amides is 1. The summed E-state index contributed by atoms with van der Waals surface area (Å²) in [6.07, 6.45) is 0.597. The van der Waals surface area contributed by atoms with Crippen LogP contribution in [0.25, 0.3) is 0 Å². The van der Waals surface area contributed by atoms with E-state index in [1.54, 1.807) is 4.90 Å². The van der Waals surface area contributed by atoms with Gasteiger partial charge in [0.2, 0.25) is 5.91 Å². The van der Waals surface area contributed by atoms with Crippen molar-refractivity contribution in [2.45, 2.75) is 13.3 Å². The molecule has 0 fully saturated rings. The van der Waals surface area contributed by atoms with Gasteiger partial charge in [-0.25, -0.2) is 0 Å². The van der Waals surface area contributed by atoms with Gasteiger partial charge in [0.05, 0.1) is 0 Å². The van der Waals surface area contributed by atoms with E-state index in [1.165, 1.54) is 0 Å². The van der Waals surface area contributed by atoms with E-state index in [0.717, 1.165) is 13.1 Å². The molecule has 0 atom stereocenters. The lowest BCUT2D eigenvalue weighted by atomic mass is 10.4. The first kappa shape index (κ1) is 9.43. The van der Waals surface area contributed by atoms with Crippen LogP contribution in [0.2, 0.25) is 0 Å². The molecule has 0 spiro atoms. The van der Waals surface area contributed by atoms with Gasteiger partial charge in [-0.15, -0.1) is 0 Å². The van der Waals surface area contributed by atoms with Gasteiger partial charge in [0, 0.05) is 26.6 Å². The summed E-state index contributed by atoms with van der Waals surface area (Å²) in [6, 6.07) is 0. The Bertz CT molecular complexity index is 104. The standard InChI is InChI=1S/C7H16N2O/c1-4-7(10)9(3)6-5-8-2/h8H,4-6H2,1-3H3. The van der Waals surface area contributed by atoms with E-state index in [0.29, 0.717) is 6.42 Å². The Labute approximate surface area is 62.4 Å². The second-order valence-electron chi connectivity index (χ2n) is 2.27. The summed E-state index contributed by atoms with van der Waals surface area (Å²) in [5, 5.41) is 2.98. The molecule has 0 heterocycles. The van der Waals surface area contributed by atoms with Crippen molar-refractivity contribution in [3.63, 3.8) is 0 Å². The fourth-order valence-corrected chi connectivity index (χ4v) is 0.674. The maximum absolute atomic E-state index is 10.9. The summed E-state index contributed by atoms with van der Waals surface area (Å²) in [6.45, 7) is 3.53. The summed E-state index contributed by atoms with van der Waals surface area (Å²) >= 11 is 0. The number of rotatable bonds is 4. The van der Waals surface area contributed by atoms with E-state index in [1.807, 2.05) is 21.0 Å². The van der Waals surface area contributed by atoms with Crippen LogP contribution in [0.1, 0.15) is 13.3 Å². The van der Waals surface area contributed by atoms with E-state index in [4.69, 9.17) is 0 Å². The topological polar surface area (TPSA) is 32.3 Å². The van der Waals surface area contributed by atoms with E-state index in [-0.39, 0.29) is 5.91 Å². The average Bonchev–Trinajstić information content (AvgIpc) is 1.98. The zero-order chi connectivity index (χ0) is 7.98. The molecule has 0 aliphatic rings. The van der Waals surface area contributed by atoms with Crippen molar-refractivity contribution < 1.29 is 4.79 Å². The maximum atomic E-state index is 10.9. The minimum Gasteiger partial charge on any atom is -0.344 e. The predicted octanol–water partition coefficient (Wildman–Crippen LogP) is 0.0742. The minimum atomic E-state index is 0.204. The van der Waals surface area contributed by atoms with Crippen LogP contribution >= 0.6 is 0 Å². The van der Waals surface area contributed by atoms with Crippen LogP contribution in [0.4, 0.5) is 0 Å². The van der Waals surface area contributed by atoms with Crippen LogP contribution in [0.15, 0.2) is 0 Å². The molecule has 0 aromatic rings. The summed E-state index contributed by atoms with van der Waals surface area (Å²) in [7, 11) is 3.70. The molecule has 0 aliphatic heterocycles. The van der Waals surface area contributed by atoms with Crippen LogP contribution in [-0.2, 0) is 4.79 Å². The largest absolute Gasteiger partial charge is 0.344 e. The molecule has 0 radical (unpaired) electrons. The number of nitrogens with zero attached hydrogens (tertiary/aromatic N) is 1. The molecular weight excluding hydrogens is 128 g/mol. The van der Waals surface area contributed by atoms with Crippen LogP contribution in [-0.4, -0.2) is 38.0 Å². The smallest absolute Gasteiger partial charge is 0.222 e. The summed E-state index contributed by atoms with van der Waals surface area (Å²) < 4.78 is 0. The average molecular weight is 144 g/mol. The Morgan fingerprint density at radius 1 is 1.60 bits per heavy atom. The molecular formula is C7H16N2O. The summed E-state index contributed by atoms with van der Waals surface area (Å²) in [4.78, 5) is 12.6. The lowest BCUT2D eigenvalue weighted by Crippen LogP contribution is -2.32. The van der Waals surface area contributed by atoms with Gasteiger partial charge in [-0.2, -0.15) is 0 Å². The third-order valence-corrected chi connectivity index (χ3v) is 1.43. The molecule has 0 saturated heterocycles. The zero-order valence-corrected chi connectivity index (χ0v) is 6.98. The fourth-order valence-electron chi connectivity index (χ4n) is 0.674. The molecule has 0 aromatic heterocycles. The molecule has 1 amide bonds. The van der Waals surface area contributed by atoms with Gasteiger partial charge in [-0.3, -0.25) is 4.79 Å².